The summed E-state index contributed by atoms with van der Waals surface area (Å²) < 4.78 is 31.6. The van der Waals surface area contributed by atoms with Crippen LogP contribution in [0.4, 0.5) is 0 Å². The van der Waals surface area contributed by atoms with Gasteiger partial charge in [-0.1, -0.05) is 0 Å². The number of rotatable bonds is 6. The third-order valence-corrected chi connectivity index (χ3v) is 4.13. The lowest BCUT2D eigenvalue weighted by molar-refractivity contribution is 0.0522. The highest BCUT2D eigenvalue weighted by molar-refractivity contribution is 7.89. The van der Waals surface area contributed by atoms with E-state index in [2.05, 4.69) is 25.1 Å². The summed E-state index contributed by atoms with van der Waals surface area (Å²) in [6, 6.07) is 0. The molecule has 9 nitrogen and oxygen atoms in total. The van der Waals surface area contributed by atoms with Crippen LogP contribution in [-0.4, -0.2) is 41.4 Å². The second kappa shape index (κ2) is 6.06. The molecule has 3 N–H and O–H groups in total. The van der Waals surface area contributed by atoms with Gasteiger partial charge in [-0.25, -0.2) is 17.9 Å². The normalized spacial score (nSPS) is 11.5. The van der Waals surface area contributed by atoms with Crippen LogP contribution in [0.25, 0.3) is 0 Å². The first-order valence-electron chi connectivity index (χ1n) is 6.14. The van der Waals surface area contributed by atoms with E-state index in [1.165, 1.54) is 6.20 Å². The van der Waals surface area contributed by atoms with Gasteiger partial charge < -0.3 is 4.74 Å². The monoisotopic (exact) mass is 313 g/mol. The van der Waals surface area contributed by atoms with Crippen LogP contribution in [0.2, 0.25) is 0 Å². The molecule has 0 radical (unpaired) electrons. The summed E-state index contributed by atoms with van der Waals surface area (Å²) in [4.78, 5) is 11.7. The molecular formula is C11H15N5O4S. The molecule has 21 heavy (non-hydrogen) atoms. The first-order valence-corrected chi connectivity index (χ1v) is 7.63. The van der Waals surface area contributed by atoms with Gasteiger partial charge >= 0.3 is 5.97 Å². The maximum atomic E-state index is 12.2. The Morgan fingerprint density at radius 1 is 1.33 bits per heavy atom. The summed E-state index contributed by atoms with van der Waals surface area (Å²) in [6.07, 6.45) is 2.65. The molecule has 0 saturated heterocycles. The molecule has 2 rings (SSSR count). The number of hydrogen-bond donors (Lipinski definition) is 3. The van der Waals surface area contributed by atoms with Gasteiger partial charge in [-0.15, -0.1) is 0 Å². The van der Waals surface area contributed by atoms with E-state index >= 15 is 0 Å². The molecule has 0 atom stereocenters. The molecule has 0 unspecified atom stereocenters. The van der Waals surface area contributed by atoms with Gasteiger partial charge in [-0.05, 0) is 13.8 Å². The summed E-state index contributed by atoms with van der Waals surface area (Å²) in [7, 11) is -3.91. The lowest BCUT2D eigenvalue weighted by Gasteiger charge is -2.06. The molecule has 2 heterocycles. The maximum Gasteiger partial charge on any atom is 0.342 e. The molecular weight excluding hydrogens is 298 g/mol. The van der Waals surface area contributed by atoms with E-state index in [0.29, 0.717) is 5.56 Å². The topological polar surface area (TPSA) is 130 Å². The van der Waals surface area contributed by atoms with Crippen molar-refractivity contribution in [3.05, 3.63) is 29.2 Å². The summed E-state index contributed by atoms with van der Waals surface area (Å²) >= 11 is 0. The Morgan fingerprint density at radius 2 is 2.05 bits per heavy atom. The van der Waals surface area contributed by atoms with Crippen molar-refractivity contribution in [3.63, 3.8) is 0 Å². The van der Waals surface area contributed by atoms with Crippen molar-refractivity contribution in [2.24, 2.45) is 0 Å². The number of nitrogens with one attached hydrogen (secondary N) is 3. The highest BCUT2D eigenvalue weighted by Crippen LogP contribution is 2.14. The molecule has 2 aromatic heterocycles. The van der Waals surface area contributed by atoms with Crippen LogP contribution in [0.5, 0.6) is 0 Å². The van der Waals surface area contributed by atoms with Gasteiger partial charge in [-0.2, -0.15) is 10.2 Å². The molecule has 114 valence electrons. The summed E-state index contributed by atoms with van der Waals surface area (Å²) in [5.41, 5.74) is 1.33. The van der Waals surface area contributed by atoms with E-state index in [4.69, 9.17) is 4.74 Å². The average Bonchev–Trinajstić information content (AvgIpc) is 3.05. The van der Waals surface area contributed by atoms with Crippen molar-refractivity contribution in [2.45, 2.75) is 25.4 Å². The van der Waals surface area contributed by atoms with E-state index in [-0.39, 0.29) is 23.7 Å². The number of carbonyl (C=O) groups excluding carboxylic acids is 1. The Morgan fingerprint density at radius 3 is 2.67 bits per heavy atom. The van der Waals surface area contributed by atoms with Crippen molar-refractivity contribution < 1.29 is 17.9 Å². The Labute approximate surface area is 121 Å². The minimum absolute atomic E-state index is 0.0476. The van der Waals surface area contributed by atoms with Crippen LogP contribution in [-0.2, 0) is 21.3 Å². The Bertz CT molecular complexity index is 733. The number of ether oxygens (including phenoxy) is 1. The zero-order chi connectivity index (χ0) is 15.5. The van der Waals surface area contributed by atoms with E-state index in [9.17, 15) is 13.2 Å². The van der Waals surface area contributed by atoms with Gasteiger partial charge in [0, 0.05) is 17.8 Å². The van der Waals surface area contributed by atoms with Crippen molar-refractivity contribution in [1.82, 2.24) is 25.1 Å². The summed E-state index contributed by atoms with van der Waals surface area (Å²) in [5.74, 6) is -0.744. The Balaban J connectivity index is 2.19. The number of aryl methyl sites for hydroxylation is 1. The van der Waals surface area contributed by atoms with E-state index in [1.54, 1.807) is 13.8 Å². The third kappa shape index (κ3) is 3.28. The van der Waals surface area contributed by atoms with Gasteiger partial charge in [0.25, 0.3) is 10.0 Å². The second-order valence-electron chi connectivity index (χ2n) is 4.18. The second-order valence-corrected chi connectivity index (χ2v) is 5.88. The molecule has 10 heteroatoms. The third-order valence-electron chi connectivity index (χ3n) is 2.76. The molecule has 0 bridgehead atoms. The predicted molar refractivity (Wildman–Crippen MR) is 71.9 cm³/mol. The standard InChI is InChI=1S/C11H15N5O4S/c1-3-20-11(17)9-6-13-16-10(9)21(18,19)14-5-8-4-12-15-7(8)2/h4,6,14H,3,5H2,1-2H3,(H,12,15)(H,13,16). The quantitative estimate of drug-likeness (QED) is 0.648. The largest absolute Gasteiger partial charge is 0.462 e. The fraction of sp³-hybridized carbons (Fsp3) is 0.364. The number of esters is 1. The molecule has 0 aliphatic heterocycles. The predicted octanol–water partition coefficient (Wildman–Crippen LogP) is 0.0964. The molecule has 0 fully saturated rings. The molecule has 0 saturated carbocycles. The first-order chi connectivity index (χ1) is 9.95. The molecule has 0 aliphatic carbocycles. The van der Waals surface area contributed by atoms with E-state index in [0.717, 1.165) is 11.9 Å². The summed E-state index contributed by atoms with van der Waals surface area (Å²) in [5, 5.41) is 12.1. The number of nitrogens with zero attached hydrogens (tertiary/aromatic N) is 2. The highest BCUT2D eigenvalue weighted by atomic mass is 32.2. The van der Waals surface area contributed by atoms with Crippen molar-refractivity contribution in [1.29, 1.82) is 0 Å². The number of aromatic amines is 2. The number of aromatic nitrogens is 4. The van der Waals surface area contributed by atoms with Gasteiger partial charge in [0.05, 0.1) is 19.0 Å². The Kier molecular flexibility index (Phi) is 4.38. The minimum Gasteiger partial charge on any atom is -0.462 e. The number of carbonyl (C=O) groups is 1. The van der Waals surface area contributed by atoms with Crippen LogP contribution in [0.15, 0.2) is 17.4 Å². The average molecular weight is 313 g/mol. The minimum atomic E-state index is -3.91. The number of sulfonamides is 1. The Hall–Kier alpha value is -2.20. The zero-order valence-corrected chi connectivity index (χ0v) is 12.3. The van der Waals surface area contributed by atoms with Crippen LogP contribution < -0.4 is 4.72 Å². The highest BCUT2D eigenvalue weighted by Gasteiger charge is 2.25. The van der Waals surface area contributed by atoms with Crippen molar-refractivity contribution in [3.8, 4) is 0 Å². The molecule has 0 aromatic carbocycles. The van der Waals surface area contributed by atoms with Gasteiger partial charge in [0.1, 0.15) is 5.56 Å². The fourth-order valence-electron chi connectivity index (χ4n) is 1.63. The molecule has 0 amide bonds. The van der Waals surface area contributed by atoms with Crippen LogP contribution in [0.1, 0.15) is 28.5 Å². The lowest BCUT2D eigenvalue weighted by Crippen LogP contribution is -2.25. The zero-order valence-electron chi connectivity index (χ0n) is 11.5. The van der Waals surface area contributed by atoms with Crippen molar-refractivity contribution in [2.75, 3.05) is 6.61 Å². The fourth-order valence-corrected chi connectivity index (χ4v) is 2.72. The van der Waals surface area contributed by atoms with Crippen LogP contribution in [0.3, 0.4) is 0 Å². The first kappa shape index (κ1) is 15.2. The van der Waals surface area contributed by atoms with Crippen LogP contribution >= 0.6 is 0 Å². The molecule has 0 aliphatic rings. The number of H-pyrrole nitrogens is 2. The lowest BCUT2D eigenvalue weighted by atomic mass is 10.3. The van der Waals surface area contributed by atoms with Crippen molar-refractivity contribution >= 4 is 16.0 Å². The van der Waals surface area contributed by atoms with Gasteiger partial charge in [0.15, 0.2) is 5.03 Å². The van der Waals surface area contributed by atoms with E-state index in [1.807, 2.05) is 0 Å². The number of hydrogen-bond acceptors (Lipinski definition) is 6. The maximum absolute atomic E-state index is 12.2. The molecule has 2 aromatic rings. The smallest absolute Gasteiger partial charge is 0.342 e. The van der Waals surface area contributed by atoms with Gasteiger partial charge in [-0.3, -0.25) is 10.2 Å². The summed E-state index contributed by atoms with van der Waals surface area (Å²) in [6.45, 7) is 3.60. The van der Waals surface area contributed by atoms with Crippen LogP contribution in [0, 0.1) is 6.92 Å². The SMILES string of the molecule is CCOC(=O)c1cn[nH]c1S(=O)(=O)NCc1cn[nH]c1C. The van der Waals surface area contributed by atoms with E-state index < -0.39 is 16.0 Å². The van der Waals surface area contributed by atoms with Gasteiger partial charge in [0.2, 0.25) is 0 Å². The molecule has 0 spiro atoms.